The summed E-state index contributed by atoms with van der Waals surface area (Å²) in [6.07, 6.45) is 0.715. The van der Waals surface area contributed by atoms with Gasteiger partial charge in [0.25, 0.3) is 0 Å². The summed E-state index contributed by atoms with van der Waals surface area (Å²) < 4.78 is 11.5. The molecule has 6 heteroatoms. The monoisotopic (exact) mass is 311 g/mol. The first kappa shape index (κ1) is 13.8. The van der Waals surface area contributed by atoms with Gasteiger partial charge in [0.2, 0.25) is 0 Å². The van der Waals surface area contributed by atoms with Crippen molar-refractivity contribution in [3.05, 3.63) is 46.6 Å². The van der Waals surface area contributed by atoms with Gasteiger partial charge in [-0.3, -0.25) is 0 Å². The molecule has 23 heavy (non-hydrogen) atoms. The summed E-state index contributed by atoms with van der Waals surface area (Å²) in [4.78, 5) is 36.6. The predicted molar refractivity (Wildman–Crippen MR) is 79.3 cm³/mol. The molecule has 0 atom stereocenters. The van der Waals surface area contributed by atoms with Crippen molar-refractivity contribution in [3.8, 4) is 11.3 Å². The van der Waals surface area contributed by atoms with Crippen LogP contribution in [0.4, 0.5) is 0 Å². The van der Waals surface area contributed by atoms with Crippen LogP contribution < -0.4 is 0 Å². The normalized spacial score (nSPS) is 14.8. The summed E-state index contributed by atoms with van der Waals surface area (Å²) in [6, 6.07) is 7.64. The molecule has 0 radical (unpaired) electrons. The van der Waals surface area contributed by atoms with Crippen molar-refractivity contribution in [1.29, 1.82) is 0 Å². The minimum Gasteiger partial charge on any atom is -0.461 e. The highest BCUT2D eigenvalue weighted by atomic mass is 16.6. The van der Waals surface area contributed by atoms with Crippen molar-refractivity contribution in [2.45, 2.75) is 19.9 Å². The summed E-state index contributed by atoms with van der Waals surface area (Å²) >= 11 is 0. The summed E-state index contributed by atoms with van der Waals surface area (Å²) in [6.45, 7) is 2.39. The molecule has 1 aromatic carbocycles. The first-order chi connectivity index (χ1) is 11.1. The number of hydrogen-bond acceptors (Lipinski definition) is 5. The number of benzene rings is 1. The molecule has 0 N–H and O–H groups in total. The number of carbonyl (C=O) groups excluding carboxylic acids is 3. The third kappa shape index (κ3) is 1.78. The molecule has 0 spiro atoms. The molecule has 116 valence electrons. The van der Waals surface area contributed by atoms with E-state index in [0.29, 0.717) is 18.7 Å². The van der Waals surface area contributed by atoms with E-state index in [0.717, 1.165) is 11.1 Å². The maximum Gasteiger partial charge on any atom is 0.355 e. The smallest absolute Gasteiger partial charge is 0.355 e. The van der Waals surface area contributed by atoms with Gasteiger partial charge < -0.3 is 14.0 Å². The fourth-order valence-electron chi connectivity index (χ4n) is 3.32. The van der Waals surface area contributed by atoms with Crippen LogP contribution in [0.25, 0.3) is 11.3 Å². The van der Waals surface area contributed by atoms with Gasteiger partial charge in [-0.15, -0.1) is 0 Å². The van der Waals surface area contributed by atoms with Crippen LogP contribution in [0.3, 0.4) is 0 Å². The fourth-order valence-corrected chi connectivity index (χ4v) is 3.32. The summed E-state index contributed by atoms with van der Waals surface area (Å²) in [5.74, 6) is -2.10. The van der Waals surface area contributed by atoms with E-state index in [1.165, 1.54) is 0 Å². The van der Waals surface area contributed by atoms with Crippen molar-refractivity contribution in [1.82, 2.24) is 4.57 Å². The molecular weight excluding hydrogens is 298 g/mol. The molecule has 1 aromatic heterocycles. The zero-order valence-electron chi connectivity index (χ0n) is 12.4. The number of hydrogen-bond donors (Lipinski definition) is 0. The van der Waals surface area contributed by atoms with Crippen LogP contribution in [0.5, 0.6) is 0 Å². The van der Waals surface area contributed by atoms with E-state index >= 15 is 0 Å². The fraction of sp³-hybridized carbons (Fsp3) is 0.235. The topological polar surface area (TPSA) is 74.6 Å². The van der Waals surface area contributed by atoms with Gasteiger partial charge in [-0.1, -0.05) is 24.3 Å². The number of aryl methyl sites for hydroxylation is 1. The highest BCUT2D eigenvalue weighted by molar-refractivity contribution is 6.22. The van der Waals surface area contributed by atoms with Crippen molar-refractivity contribution < 1.29 is 23.9 Å². The Balaban J connectivity index is 2.06. The maximum absolute atomic E-state index is 12.3. The average molecular weight is 311 g/mol. The van der Waals surface area contributed by atoms with Crippen LogP contribution in [-0.2, 0) is 22.4 Å². The number of carbonyl (C=O) groups is 3. The Morgan fingerprint density at radius 1 is 1.22 bits per heavy atom. The standard InChI is InChI=1S/C17H13NO5/c1-2-22-17(21)14-12-11(15(19)23-16(12)20)13-10-6-4-3-5-9(10)7-8-18(13)14/h3-6H,2,7-8H2,1H3. The molecule has 2 aromatic rings. The van der Waals surface area contributed by atoms with Gasteiger partial charge in [0.15, 0.2) is 0 Å². The van der Waals surface area contributed by atoms with E-state index in [1.807, 2.05) is 24.3 Å². The van der Waals surface area contributed by atoms with Gasteiger partial charge in [-0.05, 0) is 18.9 Å². The van der Waals surface area contributed by atoms with E-state index in [4.69, 9.17) is 9.47 Å². The van der Waals surface area contributed by atoms with Crippen LogP contribution in [0.2, 0.25) is 0 Å². The zero-order chi connectivity index (χ0) is 16.1. The summed E-state index contributed by atoms with van der Waals surface area (Å²) in [5, 5.41) is 0. The van der Waals surface area contributed by atoms with Gasteiger partial charge >= 0.3 is 17.9 Å². The van der Waals surface area contributed by atoms with Gasteiger partial charge in [-0.25, -0.2) is 14.4 Å². The lowest BCUT2D eigenvalue weighted by molar-refractivity contribution is 0.0424. The Hall–Kier alpha value is -2.89. The largest absolute Gasteiger partial charge is 0.461 e. The van der Waals surface area contributed by atoms with Crippen LogP contribution in [-0.4, -0.2) is 29.1 Å². The quantitative estimate of drug-likeness (QED) is 0.628. The third-order valence-corrected chi connectivity index (χ3v) is 4.20. The van der Waals surface area contributed by atoms with E-state index in [-0.39, 0.29) is 23.4 Å². The molecule has 0 bridgehead atoms. The molecule has 0 saturated heterocycles. The summed E-state index contributed by atoms with van der Waals surface area (Å²) in [7, 11) is 0. The third-order valence-electron chi connectivity index (χ3n) is 4.20. The average Bonchev–Trinajstić information content (AvgIpc) is 3.03. The van der Waals surface area contributed by atoms with Gasteiger partial charge in [0.05, 0.1) is 12.3 Å². The second kappa shape index (κ2) is 4.81. The Labute approximate surface area is 131 Å². The highest BCUT2D eigenvalue weighted by Gasteiger charge is 2.43. The lowest BCUT2D eigenvalue weighted by Gasteiger charge is -2.21. The molecule has 2 aliphatic rings. The van der Waals surface area contributed by atoms with Gasteiger partial charge in [0.1, 0.15) is 16.8 Å². The molecule has 4 rings (SSSR count). The molecule has 3 heterocycles. The molecule has 0 fully saturated rings. The van der Waals surface area contributed by atoms with Crippen molar-refractivity contribution in [2.24, 2.45) is 0 Å². The van der Waals surface area contributed by atoms with Crippen LogP contribution in [0, 0.1) is 0 Å². The van der Waals surface area contributed by atoms with E-state index in [1.54, 1.807) is 11.5 Å². The van der Waals surface area contributed by atoms with E-state index in [9.17, 15) is 14.4 Å². The molecular formula is C17H13NO5. The van der Waals surface area contributed by atoms with Gasteiger partial charge in [-0.2, -0.15) is 0 Å². The first-order valence-corrected chi connectivity index (χ1v) is 7.41. The number of ether oxygens (including phenoxy) is 2. The highest BCUT2D eigenvalue weighted by Crippen LogP contribution is 2.40. The molecule has 2 aliphatic heterocycles. The number of nitrogens with zero attached hydrogens (tertiary/aromatic N) is 1. The maximum atomic E-state index is 12.3. The lowest BCUT2D eigenvalue weighted by Crippen LogP contribution is -2.20. The van der Waals surface area contributed by atoms with E-state index < -0.39 is 17.9 Å². The second-order valence-electron chi connectivity index (χ2n) is 5.40. The number of rotatable bonds is 2. The summed E-state index contributed by atoms with van der Waals surface area (Å²) in [5.41, 5.74) is 2.80. The van der Waals surface area contributed by atoms with Crippen LogP contribution in [0.1, 0.15) is 43.7 Å². The molecule has 0 unspecified atom stereocenters. The van der Waals surface area contributed by atoms with Crippen LogP contribution in [0.15, 0.2) is 24.3 Å². The molecule has 0 saturated carbocycles. The van der Waals surface area contributed by atoms with Crippen molar-refractivity contribution in [3.63, 3.8) is 0 Å². The minimum absolute atomic E-state index is 0.0279. The van der Waals surface area contributed by atoms with E-state index in [2.05, 4.69) is 0 Å². The Morgan fingerprint density at radius 3 is 2.74 bits per heavy atom. The molecule has 0 aliphatic carbocycles. The first-order valence-electron chi connectivity index (χ1n) is 7.41. The Kier molecular flexibility index (Phi) is 2.87. The zero-order valence-corrected chi connectivity index (χ0v) is 12.4. The molecule has 0 amide bonds. The Morgan fingerprint density at radius 2 is 1.96 bits per heavy atom. The Bertz CT molecular complexity index is 877. The number of fused-ring (bicyclic) bond motifs is 5. The second-order valence-corrected chi connectivity index (χ2v) is 5.40. The molecule has 6 nitrogen and oxygen atoms in total. The SMILES string of the molecule is CCOC(=O)c1c2c(c3n1CCc1ccccc1-3)C(=O)OC2=O. The number of cyclic esters (lactones) is 2. The minimum atomic E-state index is -0.785. The predicted octanol–water partition coefficient (Wildman–Crippen LogP) is 2.20. The van der Waals surface area contributed by atoms with Crippen LogP contribution >= 0.6 is 0 Å². The lowest BCUT2D eigenvalue weighted by atomic mass is 9.96. The van der Waals surface area contributed by atoms with Crippen molar-refractivity contribution >= 4 is 17.9 Å². The van der Waals surface area contributed by atoms with Gasteiger partial charge in [0, 0.05) is 12.1 Å². The number of aromatic nitrogens is 1. The number of esters is 3. The van der Waals surface area contributed by atoms with Crippen molar-refractivity contribution in [2.75, 3.05) is 6.61 Å².